The lowest BCUT2D eigenvalue weighted by Gasteiger charge is -2.08. The van der Waals surface area contributed by atoms with E-state index in [9.17, 15) is 4.79 Å². The van der Waals surface area contributed by atoms with Crippen molar-refractivity contribution in [2.75, 3.05) is 6.61 Å². The van der Waals surface area contributed by atoms with Crippen LogP contribution in [0, 0.1) is 0 Å². The summed E-state index contributed by atoms with van der Waals surface area (Å²) in [5, 5.41) is 0. The van der Waals surface area contributed by atoms with E-state index in [2.05, 4.69) is 0 Å². The van der Waals surface area contributed by atoms with Crippen LogP contribution in [0.4, 0.5) is 0 Å². The Hall–Kier alpha value is -0.610. The summed E-state index contributed by atoms with van der Waals surface area (Å²) in [7, 11) is 0. The Bertz CT molecular complexity index is 132. The second kappa shape index (κ2) is 4.31. The van der Waals surface area contributed by atoms with Crippen LogP contribution in [0.5, 0.6) is 0 Å². The molecule has 0 atom stereocenters. The maximum atomic E-state index is 10.6. The van der Waals surface area contributed by atoms with Gasteiger partial charge in [0.05, 0.1) is 6.10 Å². The first-order valence-corrected chi connectivity index (χ1v) is 3.94. The largest absolute Gasteiger partial charge is 0.368 e. The van der Waals surface area contributed by atoms with E-state index < -0.39 is 0 Å². The quantitative estimate of drug-likeness (QED) is 0.343. The molecular weight excluding hydrogens is 144 g/mol. The summed E-state index contributed by atoms with van der Waals surface area (Å²) in [4.78, 5) is 10.6. The number of hydrazine groups is 1. The average molecular weight is 158 g/mol. The predicted molar refractivity (Wildman–Crippen MR) is 40.5 cm³/mol. The van der Waals surface area contributed by atoms with Gasteiger partial charge in [-0.25, -0.2) is 5.84 Å². The molecule has 1 rings (SSSR count). The highest BCUT2D eigenvalue weighted by Gasteiger charge is 2.15. The van der Waals surface area contributed by atoms with Gasteiger partial charge < -0.3 is 4.74 Å². The van der Waals surface area contributed by atoms with E-state index in [0.29, 0.717) is 0 Å². The fraction of sp³-hybridized carbons (Fsp3) is 0.857. The highest BCUT2D eigenvalue weighted by Crippen LogP contribution is 2.20. The number of hydrogen-bond acceptors (Lipinski definition) is 3. The molecule has 4 nitrogen and oxygen atoms in total. The van der Waals surface area contributed by atoms with Crippen LogP contribution in [0.3, 0.4) is 0 Å². The van der Waals surface area contributed by atoms with Crippen molar-refractivity contribution in [3.05, 3.63) is 0 Å². The van der Waals surface area contributed by atoms with E-state index in [4.69, 9.17) is 10.6 Å². The summed E-state index contributed by atoms with van der Waals surface area (Å²) in [5.41, 5.74) is 2.02. The van der Waals surface area contributed by atoms with Gasteiger partial charge in [-0.2, -0.15) is 0 Å². The van der Waals surface area contributed by atoms with Crippen LogP contribution in [0.2, 0.25) is 0 Å². The molecule has 0 heterocycles. The number of carbonyl (C=O) groups excluding carboxylic acids is 1. The Morgan fingerprint density at radius 1 is 1.55 bits per heavy atom. The molecule has 1 fully saturated rings. The number of rotatable bonds is 3. The first-order chi connectivity index (χ1) is 5.33. The van der Waals surface area contributed by atoms with E-state index in [1.807, 2.05) is 5.43 Å². The molecule has 4 heteroatoms. The van der Waals surface area contributed by atoms with Gasteiger partial charge in [0.25, 0.3) is 5.91 Å². The molecule has 0 aromatic carbocycles. The first-order valence-electron chi connectivity index (χ1n) is 3.94. The highest BCUT2D eigenvalue weighted by atomic mass is 16.5. The van der Waals surface area contributed by atoms with Gasteiger partial charge in [-0.05, 0) is 12.8 Å². The van der Waals surface area contributed by atoms with Gasteiger partial charge in [-0.15, -0.1) is 0 Å². The number of hydrogen-bond donors (Lipinski definition) is 2. The third kappa shape index (κ3) is 2.86. The van der Waals surface area contributed by atoms with Gasteiger partial charge in [0.15, 0.2) is 0 Å². The van der Waals surface area contributed by atoms with Gasteiger partial charge >= 0.3 is 0 Å². The van der Waals surface area contributed by atoms with Gasteiger partial charge in [-0.1, -0.05) is 12.8 Å². The number of amides is 1. The van der Waals surface area contributed by atoms with Crippen molar-refractivity contribution in [1.29, 1.82) is 0 Å². The Morgan fingerprint density at radius 3 is 2.73 bits per heavy atom. The molecule has 0 radical (unpaired) electrons. The Balaban J connectivity index is 2.06. The Labute approximate surface area is 66.1 Å². The van der Waals surface area contributed by atoms with Crippen molar-refractivity contribution in [2.24, 2.45) is 5.84 Å². The van der Waals surface area contributed by atoms with Crippen LogP contribution in [0.15, 0.2) is 0 Å². The number of carbonyl (C=O) groups is 1. The van der Waals surface area contributed by atoms with Crippen molar-refractivity contribution in [3.8, 4) is 0 Å². The number of nitrogens with two attached hydrogens (primary N) is 1. The smallest absolute Gasteiger partial charge is 0.259 e. The van der Waals surface area contributed by atoms with E-state index in [1.165, 1.54) is 12.8 Å². The average Bonchev–Trinajstić information content (AvgIpc) is 2.52. The van der Waals surface area contributed by atoms with E-state index >= 15 is 0 Å². The van der Waals surface area contributed by atoms with Crippen molar-refractivity contribution in [3.63, 3.8) is 0 Å². The molecule has 64 valence electrons. The Kier molecular flexibility index (Phi) is 3.32. The van der Waals surface area contributed by atoms with Crippen molar-refractivity contribution in [2.45, 2.75) is 31.8 Å². The molecule has 0 bridgehead atoms. The van der Waals surface area contributed by atoms with E-state index in [1.54, 1.807) is 0 Å². The molecule has 1 aliphatic carbocycles. The van der Waals surface area contributed by atoms with Gasteiger partial charge in [0, 0.05) is 0 Å². The fourth-order valence-corrected chi connectivity index (χ4v) is 1.29. The molecule has 3 N–H and O–H groups in total. The lowest BCUT2D eigenvalue weighted by molar-refractivity contribution is -0.127. The lowest BCUT2D eigenvalue weighted by Crippen LogP contribution is -2.34. The zero-order chi connectivity index (χ0) is 8.10. The second-order valence-corrected chi connectivity index (χ2v) is 2.78. The van der Waals surface area contributed by atoms with Crippen molar-refractivity contribution in [1.82, 2.24) is 5.43 Å². The molecule has 1 amide bonds. The minimum absolute atomic E-state index is 0.0984. The van der Waals surface area contributed by atoms with Crippen LogP contribution in [-0.4, -0.2) is 18.6 Å². The molecule has 0 aromatic heterocycles. The molecule has 1 saturated carbocycles. The third-order valence-electron chi connectivity index (χ3n) is 1.91. The van der Waals surface area contributed by atoms with Gasteiger partial charge in [0.2, 0.25) is 0 Å². The second-order valence-electron chi connectivity index (χ2n) is 2.78. The van der Waals surface area contributed by atoms with Crippen LogP contribution < -0.4 is 11.3 Å². The predicted octanol–water partition coefficient (Wildman–Crippen LogP) is -0.0645. The summed E-state index contributed by atoms with van der Waals surface area (Å²) >= 11 is 0. The fourth-order valence-electron chi connectivity index (χ4n) is 1.29. The summed E-state index contributed by atoms with van der Waals surface area (Å²) in [5.74, 6) is 4.62. The van der Waals surface area contributed by atoms with Crippen molar-refractivity contribution < 1.29 is 9.53 Å². The molecule has 11 heavy (non-hydrogen) atoms. The monoisotopic (exact) mass is 158 g/mol. The normalized spacial score (nSPS) is 18.6. The molecule has 0 unspecified atom stereocenters. The molecule has 0 spiro atoms. The molecule has 0 aliphatic heterocycles. The third-order valence-corrected chi connectivity index (χ3v) is 1.91. The maximum Gasteiger partial charge on any atom is 0.259 e. The highest BCUT2D eigenvalue weighted by molar-refractivity contribution is 5.76. The molecule has 0 aromatic rings. The summed E-state index contributed by atoms with van der Waals surface area (Å²) in [6, 6.07) is 0. The van der Waals surface area contributed by atoms with Gasteiger partial charge in [0.1, 0.15) is 6.61 Å². The van der Waals surface area contributed by atoms with Crippen LogP contribution in [0.25, 0.3) is 0 Å². The summed E-state index contributed by atoms with van der Waals surface area (Å²) < 4.78 is 5.26. The van der Waals surface area contributed by atoms with Crippen LogP contribution in [-0.2, 0) is 9.53 Å². The van der Waals surface area contributed by atoms with Crippen LogP contribution in [0.1, 0.15) is 25.7 Å². The maximum absolute atomic E-state index is 10.6. The molecule has 0 saturated heterocycles. The minimum Gasteiger partial charge on any atom is -0.368 e. The molecule has 1 aliphatic rings. The summed E-state index contributed by atoms with van der Waals surface area (Å²) in [6.07, 6.45) is 4.88. The Morgan fingerprint density at radius 2 is 2.18 bits per heavy atom. The van der Waals surface area contributed by atoms with Gasteiger partial charge in [-0.3, -0.25) is 10.2 Å². The molecular formula is C7H14N2O2. The van der Waals surface area contributed by atoms with Crippen LogP contribution >= 0.6 is 0 Å². The lowest BCUT2D eigenvalue weighted by atomic mass is 10.3. The SMILES string of the molecule is NNC(=O)COC1CCCC1. The zero-order valence-electron chi connectivity index (χ0n) is 6.51. The van der Waals surface area contributed by atoms with E-state index in [-0.39, 0.29) is 18.6 Å². The standard InChI is InChI=1S/C7H14N2O2/c8-9-7(10)5-11-6-3-1-2-4-6/h6H,1-5,8H2,(H,9,10). The van der Waals surface area contributed by atoms with Crippen molar-refractivity contribution >= 4 is 5.91 Å². The first kappa shape index (κ1) is 8.49. The number of ether oxygens (including phenoxy) is 1. The minimum atomic E-state index is -0.253. The zero-order valence-corrected chi connectivity index (χ0v) is 6.51. The number of nitrogens with one attached hydrogen (secondary N) is 1. The summed E-state index contributed by atoms with van der Waals surface area (Å²) in [6.45, 7) is 0.0984. The van der Waals surface area contributed by atoms with E-state index in [0.717, 1.165) is 12.8 Å². The topological polar surface area (TPSA) is 64.3 Å².